The summed E-state index contributed by atoms with van der Waals surface area (Å²) in [6.45, 7) is 7.41. The van der Waals surface area contributed by atoms with Gasteiger partial charge in [0.25, 0.3) is 0 Å². The van der Waals surface area contributed by atoms with Crippen LogP contribution in [0.3, 0.4) is 0 Å². The molecule has 10 heteroatoms. The number of carbonyl (C=O) groups is 2. The van der Waals surface area contributed by atoms with Crippen LogP contribution in [0.25, 0.3) is 21.3 Å². The summed E-state index contributed by atoms with van der Waals surface area (Å²) in [7, 11) is 0. The van der Waals surface area contributed by atoms with Gasteiger partial charge in [0.05, 0.1) is 28.6 Å². The van der Waals surface area contributed by atoms with E-state index in [1.807, 2.05) is 19.9 Å². The number of aromatic nitrogens is 2. The molecule has 6 rings (SSSR count). The van der Waals surface area contributed by atoms with E-state index in [0.717, 1.165) is 40.7 Å². The number of halogens is 3. The Labute approximate surface area is 216 Å². The number of likely N-dealkylation sites (tertiary alicyclic amines) is 1. The van der Waals surface area contributed by atoms with Gasteiger partial charge in [0.2, 0.25) is 11.8 Å². The van der Waals surface area contributed by atoms with Crippen molar-refractivity contribution in [2.75, 3.05) is 13.1 Å². The van der Waals surface area contributed by atoms with Crippen LogP contribution in [0.5, 0.6) is 0 Å². The van der Waals surface area contributed by atoms with Gasteiger partial charge in [-0.15, -0.1) is 11.3 Å². The number of pyridine rings is 2. The number of hydrogen-bond acceptors (Lipinski definition) is 6. The molecule has 1 N–H and O–H groups in total. The quantitative estimate of drug-likeness (QED) is 0.473. The molecule has 2 unspecified atom stereocenters. The van der Waals surface area contributed by atoms with Gasteiger partial charge in [-0.05, 0) is 73.5 Å². The minimum absolute atomic E-state index is 0.141. The lowest BCUT2D eigenvalue weighted by molar-refractivity contribution is -0.144. The van der Waals surface area contributed by atoms with Crippen molar-refractivity contribution in [1.29, 1.82) is 0 Å². The lowest BCUT2D eigenvalue weighted by atomic mass is 9.90. The van der Waals surface area contributed by atoms with Crippen LogP contribution in [0.15, 0.2) is 24.4 Å². The molecule has 3 aromatic heterocycles. The summed E-state index contributed by atoms with van der Waals surface area (Å²) in [4.78, 5) is 36.1. The third-order valence-electron chi connectivity index (χ3n) is 8.24. The molecule has 2 aliphatic heterocycles. The maximum Gasteiger partial charge on any atom is 0.433 e. The summed E-state index contributed by atoms with van der Waals surface area (Å²) in [5.74, 6) is -0.460. The predicted molar refractivity (Wildman–Crippen MR) is 134 cm³/mol. The molecule has 0 radical (unpaired) electrons. The number of rotatable bonds is 5. The van der Waals surface area contributed by atoms with Gasteiger partial charge < -0.3 is 5.32 Å². The standard InChI is InChI=1S/C27H27F3N4O2S/c1-13-17(8-14-4-6-31-11-14)18(10-20(33-13)27(28,29)30)16-5-7-32-19-9-15(37-23(16)19)12-34-24(35)21-22(25(34)36)26(21,2)3/h5,7,9-10,14,21-22,31H,4,6,8,11-12H2,1-3H3/t14-,21?,22?/m1/s1. The van der Waals surface area contributed by atoms with Gasteiger partial charge in [0.15, 0.2) is 0 Å². The van der Waals surface area contributed by atoms with Crippen molar-refractivity contribution in [3.8, 4) is 11.1 Å². The van der Waals surface area contributed by atoms with E-state index in [1.165, 1.54) is 16.2 Å². The Bertz CT molecular complexity index is 1420. The molecule has 2 amide bonds. The number of hydrogen-bond donors (Lipinski definition) is 1. The van der Waals surface area contributed by atoms with E-state index < -0.39 is 11.9 Å². The van der Waals surface area contributed by atoms with Crippen LogP contribution in [0.2, 0.25) is 0 Å². The normalized spacial score (nSPS) is 24.8. The largest absolute Gasteiger partial charge is 0.433 e. The molecule has 5 heterocycles. The fourth-order valence-corrected chi connectivity index (χ4v) is 7.24. The van der Waals surface area contributed by atoms with E-state index in [9.17, 15) is 22.8 Å². The number of fused-ring (bicyclic) bond motifs is 2. The Hall–Kier alpha value is -2.85. The number of imide groups is 1. The molecule has 2 saturated heterocycles. The van der Waals surface area contributed by atoms with Crippen molar-refractivity contribution < 1.29 is 22.8 Å². The molecule has 0 aromatic carbocycles. The zero-order valence-corrected chi connectivity index (χ0v) is 21.6. The van der Waals surface area contributed by atoms with Crippen molar-refractivity contribution in [2.45, 2.75) is 46.3 Å². The number of piperidine rings is 1. The Balaban J connectivity index is 1.40. The van der Waals surface area contributed by atoms with E-state index in [0.29, 0.717) is 34.7 Å². The number of alkyl halides is 3. The molecule has 6 nitrogen and oxygen atoms in total. The molecule has 194 valence electrons. The zero-order valence-electron chi connectivity index (χ0n) is 20.8. The fourth-order valence-electron chi connectivity index (χ4n) is 6.11. The first-order chi connectivity index (χ1) is 17.5. The van der Waals surface area contributed by atoms with Crippen molar-refractivity contribution in [3.05, 3.63) is 46.2 Å². The lowest BCUT2D eigenvalue weighted by Gasteiger charge is -2.19. The van der Waals surface area contributed by atoms with Gasteiger partial charge in [0, 0.05) is 22.3 Å². The first-order valence-corrected chi connectivity index (χ1v) is 13.3. The highest BCUT2D eigenvalue weighted by atomic mass is 32.1. The summed E-state index contributed by atoms with van der Waals surface area (Å²) in [5.41, 5.74) is 1.83. The first-order valence-electron chi connectivity index (χ1n) is 12.5. The van der Waals surface area contributed by atoms with Crippen LogP contribution in [-0.4, -0.2) is 39.8 Å². The summed E-state index contributed by atoms with van der Waals surface area (Å²) >= 11 is 1.37. The molecule has 1 aliphatic carbocycles. The Morgan fingerprint density at radius 1 is 1.16 bits per heavy atom. The summed E-state index contributed by atoms with van der Waals surface area (Å²) in [6, 6.07) is 4.73. The molecule has 1 saturated carbocycles. The number of aryl methyl sites for hydroxylation is 1. The molecule has 3 aromatic rings. The second-order valence-electron chi connectivity index (χ2n) is 11.0. The molecule has 0 spiro atoms. The highest BCUT2D eigenvalue weighted by Crippen LogP contribution is 2.63. The van der Waals surface area contributed by atoms with Gasteiger partial charge in [0.1, 0.15) is 5.69 Å². The number of carbonyl (C=O) groups excluding carboxylic acids is 2. The third kappa shape index (κ3) is 3.96. The van der Waals surface area contributed by atoms with Gasteiger partial charge in [-0.2, -0.15) is 13.2 Å². The second kappa shape index (κ2) is 8.33. The van der Waals surface area contributed by atoms with Crippen LogP contribution in [0.1, 0.15) is 42.1 Å². The van der Waals surface area contributed by atoms with Crippen molar-refractivity contribution in [3.63, 3.8) is 0 Å². The van der Waals surface area contributed by atoms with Crippen molar-refractivity contribution in [2.24, 2.45) is 23.2 Å². The predicted octanol–water partition coefficient (Wildman–Crippen LogP) is 4.98. The molecular weight excluding hydrogens is 501 g/mol. The van der Waals surface area contributed by atoms with E-state index in [2.05, 4.69) is 15.3 Å². The number of nitrogens with one attached hydrogen (secondary N) is 1. The van der Waals surface area contributed by atoms with E-state index >= 15 is 0 Å². The van der Waals surface area contributed by atoms with Crippen molar-refractivity contribution in [1.82, 2.24) is 20.2 Å². The average molecular weight is 529 g/mol. The van der Waals surface area contributed by atoms with E-state index in [-0.39, 0.29) is 35.6 Å². The zero-order chi connectivity index (χ0) is 26.3. The monoisotopic (exact) mass is 528 g/mol. The number of nitrogens with zero attached hydrogens (tertiary/aromatic N) is 3. The Morgan fingerprint density at radius 3 is 2.54 bits per heavy atom. The van der Waals surface area contributed by atoms with Crippen molar-refractivity contribution >= 4 is 33.4 Å². The van der Waals surface area contributed by atoms with Gasteiger partial charge in [-0.25, -0.2) is 4.98 Å². The average Bonchev–Trinajstić information content (AvgIpc) is 3.28. The van der Waals surface area contributed by atoms with Crippen LogP contribution in [0, 0.1) is 30.1 Å². The van der Waals surface area contributed by atoms with Crippen LogP contribution in [0.4, 0.5) is 13.2 Å². The van der Waals surface area contributed by atoms with E-state index in [1.54, 1.807) is 19.2 Å². The molecule has 3 fully saturated rings. The minimum Gasteiger partial charge on any atom is -0.316 e. The molecule has 3 atom stereocenters. The summed E-state index contributed by atoms with van der Waals surface area (Å²) in [6.07, 6.45) is -1.37. The maximum absolute atomic E-state index is 13.8. The lowest BCUT2D eigenvalue weighted by Crippen LogP contribution is -2.35. The summed E-state index contributed by atoms with van der Waals surface area (Å²) in [5, 5.41) is 3.32. The smallest absolute Gasteiger partial charge is 0.316 e. The molecular formula is C27H27F3N4O2S. The van der Waals surface area contributed by atoms with Crippen LogP contribution in [-0.2, 0) is 28.7 Å². The van der Waals surface area contributed by atoms with Gasteiger partial charge in [-0.1, -0.05) is 13.8 Å². The fraction of sp³-hybridized carbons (Fsp3) is 0.481. The summed E-state index contributed by atoms with van der Waals surface area (Å²) < 4.78 is 42.0. The number of thiophene rings is 1. The van der Waals surface area contributed by atoms with Crippen LogP contribution >= 0.6 is 11.3 Å². The SMILES string of the molecule is Cc1nc(C(F)(F)F)cc(-c2ccnc3cc(CN4C(=O)C5C(C4=O)C5(C)C)sc23)c1C[C@H]1CCNC1. The van der Waals surface area contributed by atoms with E-state index in [4.69, 9.17) is 0 Å². The van der Waals surface area contributed by atoms with Gasteiger partial charge in [-0.3, -0.25) is 19.5 Å². The highest BCUT2D eigenvalue weighted by Gasteiger charge is 2.72. The molecule has 3 aliphatic rings. The Kier molecular flexibility index (Phi) is 5.51. The Morgan fingerprint density at radius 2 is 1.89 bits per heavy atom. The van der Waals surface area contributed by atoms with Crippen LogP contribution < -0.4 is 5.32 Å². The topological polar surface area (TPSA) is 75.2 Å². The van der Waals surface area contributed by atoms with Gasteiger partial charge >= 0.3 is 6.18 Å². The number of amides is 2. The second-order valence-corrected chi connectivity index (χ2v) is 12.1. The molecule has 0 bridgehead atoms. The molecule has 37 heavy (non-hydrogen) atoms. The maximum atomic E-state index is 13.8. The first kappa shape index (κ1) is 24.5. The third-order valence-corrected chi connectivity index (χ3v) is 9.38. The highest BCUT2D eigenvalue weighted by molar-refractivity contribution is 7.19. The minimum atomic E-state index is -4.56.